The summed E-state index contributed by atoms with van der Waals surface area (Å²) < 4.78 is 13.5. The second-order valence-corrected chi connectivity index (χ2v) is 4.17. The van der Waals surface area contributed by atoms with Crippen molar-refractivity contribution in [1.82, 2.24) is 5.32 Å². The summed E-state index contributed by atoms with van der Waals surface area (Å²) in [7, 11) is 0. The highest BCUT2D eigenvalue weighted by Gasteiger charge is 2.13. The summed E-state index contributed by atoms with van der Waals surface area (Å²) in [5.74, 6) is -2.72. The molecule has 0 aliphatic heterocycles. The van der Waals surface area contributed by atoms with Crippen LogP contribution in [0.25, 0.3) is 0 Å². The predicted octanol–water partition coefficient (Wildman–Crippen LogP) is 0.909. The molecule has 0 spiro atoms. The van der Waals surface area contributed by atoms with Crippen molar-refractivity contribution in [3.63, 3.8) is 0 Å². The molecule has 0 saturated heterocycles. The Morgan fingerprint density at radius 2 is 2.05 bits per heavy atom. The van der Waals surface area contributed by atoms with Crippen molar-refractivity contribution in [2.75, 3.05) is 5.32 Å². The number of carbonyl (C=O) groups is 3. The van der Waals surface area contributed by atoms with Crippen LogP contribution in [-0.2, 0) is 4.79 Å². The first-order valence-electron chi connectivity index (χ1n) is 5.68. The average molecular weight is 283 g/mol. The van der Waals surface area contributed by atoms with Crippen molar-refractivity contribution in [2.24, 2.45) is 5.73 Å². The van der Waals surface area contributed by atoms with E-state index in [0.29, 0.717) is 0 Å². The molecule has 1 unspecified atom stereocenters. The summed E-state index contributed by atoms with van der Waals surface area (Å²) >= 11 is 0. The number of halogens is 1. The van der Waals surface area contributed by atoms with Crippen LogP contribution in [0.5, 0.6) is 0 Å². The van der Waals surface area contributed by atoms with E-state index in [4.69, 9.17) is 10.8 Å². The SMILES string of the molecule is CC(CC(N)=O)NC(=O)Nc1ccc(C(=O)O)cc1F. The second kappa shape index (κ2) is 6.50. The van der Waals surface area contributed by atoms with Gasteiger partial charge in [-0.1, -0.05) is 0 Å². The third-order valence-electron chi connectivity index (χ3n) is 2.35. The molecular formula is C12H14FN3O4. The van der Waals surface area contributed by atoms with Crippen LogP contribution < -0.4 is 16.4 Å². The van der Waals surface area contributed by atoms with Crippen LogP contribution >= 0.6 is 0 Å². The largest absolute Gasteiger partial charge is 0.478 e. The van der Waals surface area contributed by atoms with Crippen molar-refractivity contribution in [3.8, 4) is 0 Å². The Morgan fingerprint density at radius 1 is 1.40 bits per heavy atom. The molecule has 0 fully saturated rings. The van der Waals surface area contributed by atoms with E-state index in [9.17, 15) is 18.8 Å². The van der Waals surface area contributed by atoms with Crippen LogP contribution in [0, 0.1) is 5.82 Å². The monoisotopic (exact) mass is 283 g/mol. The lowest BCUT2D eigenvalue weighted by atomic mass is 10.2. The number of benzene rings is 1. The molecule has 0 aliphatic rings. The van der Waals surface area contributed by atoms with Gasteiger partial charge in [-0.3, -0.25) is 4.79 Å². The van der Waals surface area contributed by atoms with E-state index in [1.165, 1.54) is 0 Å². The first-order chi connectivity index (χ1) is 9.29. The third-order valence-corrected chi connectivity index (χ3v) is 2.35. The Kier molecular flexibility index (Phi) is 5.01. The molecule has 1 rings (SSSR count). The number of nitrogens with two attached hydrogens (primary N) is 1. The van der Waals surface area contributed by atoms with Gasteiger partial charge in [0.1, 0.15) is 5.82 Å². The van der Waals surface area contributed by atoms with Gasteiger partial charge in [-0.05, 0) is 25.1 Å². The van der Waals surface area contributed by atoms with Crippen molar-refractivity contribution < 1.29 is 23.9 Å². The minimum atomic E-state index is -1.27. The highest BCUT2D eigenvalue weighted by atomic mass is 19.1. The van der Waals surface area contributed by atoms with E-state index in [-0.39, 0.29) is 17.7 Å². The van der Waals surface area contributed by atoms with Crippen LogP contribution in [-0.4, -0.2) is 29.1 Å². The van der Waals surface area contributed by atoms with Crippen LogP contribution in [0.4, 0.5) is 14.9 Å². The molecule has 20 heavy (non-hydrogen) atoms. The van der Waals surface area contributed by atoms with Crippen LogP contribution in [0.2, 0.25) is 0 Å². The molecule has 1 aromatic carbocycles. The fraction of sp³-hybridized carbons (Fsp3) is 0.250. The van der Waals surface area contributed by atoms with E-state index in [0.717, 1.165) is 18.2 Å². The average Bonchev–Trinajstić information content (AvgIpc) is 2.30. The summed E-state index contributed by atoms with van der Waals surface area (Å²) in [6.07, 6.45) is -0.0478. The summed E-state index contributed by atoms with van der Waals surface area (Å²) in [5, 5.41) is 13.3. The Morgan fingerprint density at radius 3 is 2.55 bits per heavy atom. The molecule has 1 aromatic rings. The normalized spacial score (nSPS) is 11.5. The van der Waals surface area contributed by atoms with Gasteiger partial charge in [0.25, 0.3) is 0 Å². The number of carbonyl (C=O) groups excluding carboxylic acids is 2. The summed E-state index contributed by atoms with van der Waals surface area (Å²) in [6, 6.07) is 1.87. The Bertz CT molecular complexity index is 548. The zero-order chi connectivity index (χ0) is 15.3. The number of hydrogen-bond acceptors (Lipinski definition) is 3. The van der Waals surface area contributed by atoms with Gasteiger partial charge in [-0.25, -0.2) is 14.0 Å². The van der Waals surface area contributed by atoms with Gasteiger partial charge in [-0.15, -0.1) is 0 Å². The maximum absolute atomic E-state index is 13.5. The molecule has 0 heterocycles. The lowest BCUT2D eigenvalue weighted by Gasteiger charge is -2.13. The number of primary amides is 1. The fourth-order valence-corrected chi connectivity index (χ4v) is 1.48. The number of rotatable bonds is 5. The number of amides is 3. The van der Waals surface area contributed by atoms with Crippen LogP contribution in [0.3, 0.4) is 0 Å². The Labute approximate surface area is 114 Å². The molecule has 108 valence electrons. The molecule has 8 heteroatoms. The van der Waals surface area contributed by atoms with Gasteiger partial charge < -0.3 is 21.5 Å². The van der Waals surface area contributed by atoms with Gasteiger partial charge in [0.2, 0.25) is 5.91 Å². The molecule has 0 saturated carbocycles. The minimum absolute atomic E-state index is 0.0478. The number of urea groups is 1. The minimum Gasteiger partial charge on any atom is -0.478 e. The molecule has 0 aromatic heterocycles. The van der Waals surface area contributed by atoms with Crippen LogP contribution in [0.15, 0.2) is 18.2 Å². The first kappa shape index (κ1) is 15.4. The van der Waals surface area contributed by atoms with Gasteiger partial charge in [0, 0.05) is 12.5 Å². The molecule has 1 atom stereocenters. The Balaban J connectivity index is 2.67. The molecular weight excluding hydrogens is 269 g/mol. The van der Waals surface area contributed by atoms with E-state index in [2.05, 4.69) is 10.6 Å². The van der Waals surface area contributed by atoms with Crippen molar-refractivity contribution in [1.29, 1.82) is 0 Å². The summed E-state index contributed by atoms with van der Waals surface area (Å²) in [6.45, 7) is 1.56. The quantitative estimate of drug-likeness (QED) is 0.641. The molecule has 0 aliphatic carbocycles. The third kappa shape index (κ3) is 4.56. The number of nitrogens with one attached hydrogen (secondary N) is 2. The highest BCUT2D eigenvalue weighted by Crippen LogP contribution is 2.15. The molecule has 3 amide bonds. The van der Waals surface area contributed by atoms with Gasteiger partial charge in [0.15, 0.2) is 0 Å². The standard InChI is InChI=1S/C12H14FN3O4/c1-6(4-10(14)17)15-12(20)16-9-3-2-7(11(18)19)5-8(9)13/h2-3,5-6H,4H2,1H3,(H2,14,17)(H,18,19)(H2,15,16,20). The lowest BCUT2D eigenvalue weighted by molar-refractivity contribution is -0.118. The number of hydrogen-bond donors (Lipinski definition) is 4. The first-order valence-corrected chi connectivity index (χ1v) is 5.68. The highest BCUT2D eigenvalue weighted by molar-refractivity contribution is 5.92. The number of carboxylic acids is 1. The number of anilines is 1. The lowest BCUT2D eigenvalue weighted by Crippen LogP contribution is -2.38. The Hall–Kier alpha value is -2.64. The zero-order valence-corrected chi connectivity index (χ0v) is 10.6. The van der Waals surface area contributed by atoms with E-state index in [1.807, 2.05) is 0 Å². The molecule has 5 N–H and O–H groups in total. The predicted molar refractivity (Wildman–Crippen MR) is 68.8 cm³/mol. The molecule has 0 bridgehead atoms. The number of carboxylic acid groups (broad SMARTS) is 1. The maximum atomic E-state index is 13.5. The molecule has 7 nitrogen and oxygen atoms in total. The fourth-order valence-electron chi connectivity index (χ4n) is 1.48. The van der Waals surface area contributed by atoms with E-state index < -0.39 is 29.8 Å². The topological polar surface area (TPSA) is 122 Å². The van der Waals surface area contributed by atoms with Crippen LogP contribution in [0.1, 0.15) is 23.7 Å². The van der Waals surface area contributed by atoms with Crippen molar-refractivity contribution >= 4 is 23.6 Å². The summed E-state index contributed by atoms with van der Waals surface area (Å²) in [4.78, 5) is 32.8. The van der Waals surface area contributed by atoms with Crippen molar-refractivity contribution in [3.05, 3.63) is 29.6 Å². The zero-order valence-electron chi connectivity index (χ0n) is 10.6. The second-order valence-electron chi connectivity index (χ2n) is 4.17. The van der Waals surface area contributed by atoms with E-state index in [1.54, 1.807) is 6.92 Å². The molecule has 0 radical (unpaired) electrons. The number of aromatic carboxylic acids is 1. The van der Waals surface area contributed by atoms with Gasteiger partial charge in [-0.2, -0.15) is 0 Å². The smallest absolute Gasteiger partial charge is 0.335 e. The van der Waals surface area contributed by atoms with Crippen molar-refractivity contribution in [2.45, 2.75) is 19.4 Å². The van der Waals surface area contributed by atoms with Gasteiger partial charge in [0.05, 0.1) is 11.3 Å². The summed E-state index contributed by atoms with van der Waals surface area (Å²) in [5.41, 5.74) is 4.57. The van der Waals surface area contributed by atoms with E-state index >= 15 is 0 Å². The maximum Gasteiger partial charge on any atom is 0.335 e. The van der Waals surface area contributed by atoms with Gasteiger partial charge >= 0.3 is 12.0 Å².